The molecular formula is C22H24FN3O2S. The van der Waals surface area contributed by atoms with Crippen LogP contribution in [0.2, 0.25) is 0 Å². The Morgan fingerprint density at radius 3 is 2.52 bits per heavy atom. The molecule has 1 fully saturated rings. The van der Waals surface area contributed by atoms with E-state index in [1.54, 1.807) is 11.0 Å². The van der Waals surface area contributed by atoms with Crippen molar-refractivity contribution in [2.24, 2.45) is 5.92 Å². The zero-order valence-electron chi connectivity index (χ0n) is 16.1. The van der Waals surface area contributed by atoms with E-state index in [4.69, 9.17) is 0 Å². The Balaban J connectivity index is 1.31. The number of halogens is 1. The lowest BCUT2D eigenvalue weighted by molar-refractivity contribution is -0.127. The molecule has 0 bridgehead atoms. The van der Waals surface area contributed by atoms with Crippen molar-refractivity contribution in [1.82, 2.24) is 10.2 Å². The fourth-order valence-corrected chi connectivity index (χ4v) is 5.04. The van der Waals surface area contributed by atoms with Gasteiger partial charge < -0.3 is 15.5 Å². The number of hydrogen-bond acceptors (Lipinski definition) is 3. The van der Waals surface area contributed by atoms with Gasteiger partial charge in [-0.15, -0.1) is 11.8 Å². The molecule has 0 aromatic heterocycles. The second kappa shape index (κ2) is 8.86. The SMILES string of the molecule is O=C(N[C@@H]1CCSc2c(F)cccc21)C1CCN(C(=O)Nc2ccccc2)CC1. The van der Waals surface area contributed by atoms with Gasteiger partial charge in [-0.3, -0.25) is 4.79 Å². The van der Waals surface area contributed by atoms with Crippen LogP contribution in [-0.4, -0.2) is 35.7 Å². The largest absolute Gasteiger partial charge is 0.349 e. The van der Waals surface area contributed by atoms with E-state index >= 15 is 0 Å². The maximum absolute atomic E-state index is 14.0. The second-order valence-electron chi connectivity index (χ2n) is 7.41. The van der Waals surface area contributed by atoms with E-state index in [0.717, 1.165) is 23.4 Å². The average Bonchev–Trinajstić information content (AvgIpc) is 2.75. The highest BCUT2D eigenvalue weighted by molar-refractivity contribution is 7.99. The number of fused-ring (bicyclic) bond motifs is 1. The molecule has 152 valence electrons. The zero-order valence-corrected chi connectivity index (χ0v) is 16.9. The van der Waals surface area contributed by atoms with E-state index in [-0.39, 0.29) is 29.7 Å². The minimum Gasteiger partial charge on any atom is -0.349 e. The minimum absolute atomic E-state index is 0.000212. The lowest BCUT2D eigenvalue weighted by Gasteiger charge is -2.33. The van der Waals surface area contributed by atoms with Crippen LogP contribution in [0.3, 0.4) is 0 Å². The Morgan fingerprint density at radius 1 is 1.00 bits per heavy atom. The zero-order chi connectivity index (χ0) is 20.2. The van der Waals surface area contributed by atoms with Crippen LogP contribution in [0.1, 0.15) is 30.9 Å². The highest BCUT2D eigenvalue weighted by atomic mass is 32.2. The van der Waals surface area contributed by atoms with E-state index in [2.05, 4.69) is 10.6 Å². The first-order chi connectivity index (χ1) is 14.1. The molecule has 29 heavy (non-hydrogen) atoms. The summed E-state index contributed by atoms with van der Waals surface area (Å²) in [6, 6.07) is 14.1. The first-order valence-electron chi connectivity index (χ1n) is 9.94. The molecule has 4 rings (SSSR count). The number of piperidine rings is 1. The van der Waals surface area contributed by atoms with Crippen molar-refractivity contribution >= 4 is 29.4 Å². The molecule has 1 atom stereocenters. The van der Waals surface area contributed by atoms with Gasteiger partial charge in [0.1, 0.15) is 5.82 Å². The molecule has 0 radical (unpaired) electrons. The summed E-state index contributed by atoms with van der Waals surface area (Å²) in [7, 11) is 0. The van der Waals surface area contributed by atoms with Crippen molar-refractivity contribution in [2.75, 3.05) is 24.2 Å². The van der Waals surface area contributed by atoms with Crippen LogP contribution in [0.15, 0.2) is 53.4 Å². The molecule has 2 N–H and O–H groups in total. The Hall–Kier alpha value is -2.54. The minimum atomic E-state index is -0.218. The van der Waals surface area contributed by atoms with E-state index in [9.17, 15) is 14.0 Å². The summed E-state index contributed by atoms with van der Waals surface area (Å²) >= 11 is 1.51. The van der Waals surface area contributed by atoms with Crippen molar-refractivity contribution in [3.8, 4) is 0 Å². The summed E-state index contributed by atoms with van der Waals surface area (Å²) in [5.74, 6) is 0.448. The van der Waals surface area contributed by atoms with Crippen LogP contribution < -0.4 is 10.6 Å². The summed E-state index contributed by atoms with van der Waals surface area (Å²) in [6.07, 6.45) is 2.06. The van der Waals surface area contributed by atoms with E-state index in [1.165, 1.54) is 17.8 Å². The van der Waals surface area contributed by atoms with Crippen LogP contribution in [0, 0.1) is 11.7 Å². The molecule has 0 aliphatic carbocycles. The molecule has 0 spiro atoms. The monoisotopic (exact) mass is 413 g/mol. The number of hydrogen-bond donors (Lipinski definition) is 2. The summed E-state index contributed by atoms with van der Waals surface area (Å²) < 4.78 is 14.0. The molecule has 3 amide bonds. The molecule has 1 saturated heterocycles. The first-order valence-corrected chi connectivity index (χ1v) is 10.9. The van der Waals surface area contributed by atoms with Gasteiger partial charge >= 0.3 is 6.03 Å². The quantitative estimate of drug-likeness (QED) is 0.783. The lowest BCUT2D eigenvalue weighted by Crippen LogP contribution is -2.45. The number of para-hydroxylation sites is 1. The molecular weight excluding hydrogens is 389 g/mol. The standard InChI is InChI=1S/C22H24FN3O2S/c23-18-8-4-7-17-19(11-14-29-20(17)18)25-21(27)15-9-12-26(13-10-15)22(28)24-16-5-2-1-3-6-16/h1-8,15,19H,9-14H2,(H,24,28)(H,25,27)/t19-/m1/s1. The Morgan fingerprint density at radius 2 is 1.76 bits per heavy atom. The van der Waals surface area contributed by atoms with Crippen LogP contribution in [0.25, 0.3) is 0 Å². The molecule has 2 aliphatic rings. The maximum atomic E-state index is 14.0. The molecule has 5 nitrogen and oxygen atoms in total. The number of amides is 3. The number of nitrogens with zero attached hydrogens (tertiary/aromatic N) is 1. The number of nitrogens with one attached hydrogen (secondary N) is 2. The van der Waals surface area contributed by atoms with Gasteiger partial charge in [0.25, 0.3) is 0 Å². The smallest absolute Gasteiger partial charge is 0.321 e. The molecule has 0 saturated carbocycles. The lowest BCUT2D eigenvalue weighted by atomic mass is 9.94. The Labute approximate surface area is 174 Å². The van der Waals surface area contributed by atoms with Gasteiger partial charge in [-0.1, -0.05) is 30.3 Å². The Bertz CT molecular complexity index is 885. The molecule has 2 aliphatic heterocycles. The van der Waals surface area contributed by atoms with Crippen molar-refractivity contribution in [3.05, 3.63) is 59.9 Å². The molecule has 2 heterocycles. The third kappa shape index (κ3) is 4.56. The van der Waals surface area contributed by atoms with E-state index in [1.807, 2.05) is 36.4 Å². The summed E-state index contributed by atoms with van der Waals surface area (Å²) in [5, 5.41) is 6.00. The van der Waals surface area contributed by atoms with Crippen molar-refractivity contribution in [1.29, 1.82) is 0 Å². The summed E-state index contributed by atoms with van der Waals surface area (Å²) in [5.41, 5.74) is 1.63. The number of carbonyl (C=O) groups excluding carboxylic acids is 2. The number of carbonyl (C=O) groups is 2. The van der Waals surface area contributed by atoms with Crippen molar-refractivity contribution in [3.63, 3.8) is 0 Å². The first kappa shape index (κ1) is 19.8. The van der Waals surface area contributed by atoms with Gasteiger partial charge in [0.05, 0.1) is 6.04 Å². The van der Waals surface area contributed by atoms with Crippen molar-refractivity contribution < 1.29 is 14.0 Å². The van der Waals surface area contributed by atoms with Gasteiger partial charge in [-0.05, 0) is 43.0 Å². The van der Waals surface area contributed by atoms with Gasteiger partial charge in [0, 0.05) is 35.3 Å². The molecule has 0 unspecified atom stereocenters. The van der Waals surface area contributed by atoms with Gasteiger partial charge in [-0.25, -0.2) is 9.18 Å². The fraction of sp³-hybridized carbons (Fsp3) is 0.364. The maximum Gasteiger partial charge on any atom is 0.321 e. The highest BCUT2D eigenvalue weighted by Crippen LogP contribution is 2.38. The van der Waals surface area contributed by atoms with Crippen LogP contribution in [0.5, 0.6) is 0 Å². The summed E-state index contributed by atoms with van der Waals surface area (Å²) in [4.78, 5) is 27.6. The number of benzene rings is 2. The normalized spacial score (nSPS) is 19.3. The van der Waals surface area contributed by atoms with E-state index in [0.29, 0.717) is 30.8 Å². The Kier molecular flexibility index (Phi) is 6.04. The van der Waals surface area contributed by atoms with Gasteiger partial charge in [0.2, 0.25) is 5.91 Å². The summed E-state index contributed by atoms with van der Waals surface area (Å²) in [6.45, 7) is 1.09. The van der Waals surface area contributed by atoms with Gasteiger partial charge in [-0.2, -0.15) is 0 Å². The molecule has 2 aromatic rings. The molecule has 7 heteroatoms. The predicted molar refractivity (Wildman–Crippen MR) is 112 cm³/mol. The van der Waals surface area contributed by atoms with Crippen LogP contribution >= 0.6 is 11.8 Å². The average molecular weight is 414 g/mol. The number of anilines is 1. The van der Waals surface area contributed by atoms with Gasteiger partial charge in [0.15, 0.2) is 0 Å². The third-order valence-corrected chi connectivity index (χ3v) is 6.68. The number of thioether (sulfide) groups is 1. The number of rotatable bonds is 3. The van der Waals surface area contributed by atoms with Crippen molar-refractivity contribution in [2.45, 2.75) is 30.2 Å². The van der Waals surface area contributed by atoms with Crippen LogP contribution in [0.4, 0.5) is 14.9 Å². The fourth-order valence-electron chi connectivity index (χ4n) is 3.89. The third-order valence-electron chi connectivity index (χ3n) is 5.52. The topological polar surface area (TPSA) is 61.4 Å². The second-order valence-corrected chi connectivity index (χ2v) is 8.52. The van der Waals surface area contributed by atoms with Crippen LogP contribution in [-0.2, 0) is 4.79 Å². The van der Waals surface area contributed by atoms with E-state index < -0.39 is 0 Å². The number of urea groups is 1. The molecule has 2 aromatic carbocycles. The predicted octanol–water partition coefficient (Wildman–Crippen LogP) is 4.42. The highest BCUT2D eigenvalue weighted by Gasteiger charge is 2.30. The number of likely N-dealkylation sites (tertiary alicyclic amines) is 1.